The lowest BCUT2D eigenvalue weighted by Gasteiger charge is -2.38. The van der Waals surface area contributed by atoms with Crippen molar-refractivity contribution in [2.24, 2.45) is 5.41 Å². The maximum Gasteiger partial charge on any atom is 0.410 e. The van der Waals surface area contributed by atoms with Gasteiger partial charge in [0.15, 0.2) is 5.78 Å². The molecule has 1 aliphatic heterocycles. The average molecular weight is 255 g/mol. The molecule has 5 nitrogen and oxygen atoms in total. The van der Waals surface area contributed by atoms with Crippen molar-refractivity contribution >= 4 is 11.9 Å². The van der Waals surface area contributed by atoms with Gasteiger partial charge in [0, 0.05) is 18.9 Å². The molecule has 2 rings (SSSR count). The van der Waals surface area contributed by atoms with Crippen molar-refractivity contribution in [3.05, 3.63) is 0 Å². The molecule has 0 aromatic heterocycles. The predicted molar refractivity (Wildman–Crippen MR) is 65.3 cm³/mol. The number of ether oxygens (including phenoxy) is 2. The molecule has 1 saturated carbocycles. The maximum atomic E-state index is 11.9. The first-order chi connectivity index (χ1) is 8.52. The second kappa shape index (κ2) is 5.26. The van der Waals surface area contributed by atoms with E-state index in [1.54, 1.807) is 7.05 Å². The van der Waals surface area contributed by atoms with Crippen LogP contribution in [0.4, 0.5) is 4.79 Å². The third kappa shape index (κ3) is 2.83. The van der Waals surface area contributed by atoms with Gasteiger partial charge in [-0.3, -0.25) is 4.79 Å². The molecule has 1 heterocycles. The van der Waals surface area contributed by atoms with Gasteiger partial charge in [0.05, 0.1) is 19.3 Å². The molecule has 1 unspecified atom stereocenters. The number of carbonyl (C=O) groups excluding carboxylic acids is 2. The van der Waals surface area contributed by atoms with Gasteiger partial charge in [-0.2, -0.15) is 0 Å². The molecule has 1 atom stereocenters. The van der Waals surface area contributed by atoms with E-state index < -0.39 is 6.09 Å². The molecule has 2 aliphatic rings. The Morgan fingerprint density at radius 1 is 1.50 bits per heavy atom. The smallest absolute Gasteiger partial charge is 0.410 e. The van der Waals surface area contributed by atoms with Gasteiger partial charge >= 0.3 is 6.09 Å². The molecule has 5 heteroatoms. The van der Waals surface area contributed by atoms with Crippen LogP contribution < -0.4 is 0 Å². The summed E-state index contributed by atoms with van der Waals surface area (Å²) in [6.45, 7) is 3.64. The molecule has 0 aromatic carbocycles. The lowest BCUT2D eigenvalue weighted by molar-refractivity contribution is -0.131. The van der Waals surface area contributed by atoms with Crippen LogP contribution in [0.3, 0.4) is 0 Å². The second-order valence-corrected chi connectivity index (χ2v) is 5.70. The summed E-state index contributed by atoms with van der Waals surface area (Å²) in [5.41, 5.74) is -0.0485. The van der Waals surface area contributed by atoms with Gasteiger partial charge in [-0.05, 0) is 12.8 Å². The molecule has 18 heavy (non-hydrogen) atoms. The minimum Gasteiger partial charge on any atom is -0.449 e. The maximum absolute atomic E-state index is 11.9. The Morgan fingerprint density at radius 2 is 2.22 bits per heavy atom. The first-order valence-corrected chi connectivity index (χ1v) is 6.52. The molecule has 0 N–H and O–H groups in total. The molecule has 1 aliphatic carbocycles. The Hall–Kier alpha value is -1.10. The number of likely N-dealkylation sites (N-methyl/N-ethyl adjacent to an activating group) is 1. The summed E-state index contributed by atoms with van der Waals surface area (Å²) in [6.07, 6.45) is 2.87. The Bertz CT molecular complexity index is 338. The van der Waals surface area contributed by atoms with E-state index in [1.807, 2.05) is 6.92 Å². The lowest BCUT2D eigenvalue weighted by Crippen LogP contribution is -2.48. The SMILES string of the molecule is CN(C(=O)OCC1(C)COC1)C1CCCCC1=O. The number of amides is 1. The zero-order chi connectivity index (χ0) is 13.2. The van der Waals surface area contributed by atoms with E-state index in [0.717, 1.165) is 19.3 Å². The third-order valence-corrected chi connectivity index (χ3v) is 3.72. The molecule has 0 bridgehead atoms. The van der Waals surface area contributed by atoms with Gasteiger partial charge < -0.3 is 14.4 Å². The number of carbonyl (C=O) groups is 2. The largest absolute Gasteiger partial charge is 0.449 e. The summed E-state index contributed by atoms with van der Waals surface area (Å²) in [5, 5.41) is 0. The molecule has 0 radical (unpaired) electrons. The molecular weight excluding hydrogens is 234 g/mol. The van der Waals surface area contributed by atoms with Crippen molar-refractivity contribution in [2.45, 2.75) is 38.6 Å². The van der Waals surface area contributed by atoms with Crippen molar-refractivity contribution in [1.29, 1.82) is 0 Å². The predicted octanol–water partition coefficient (Wildman–Crippen LogP) is 1.60. The Kier molecular flexibility index (Phi) is 3.90. The lowest BCUT2D eigenvalue weighted by atomic mass is 9.90. The first-order valence-electron chi connectivity index (χ1n) is 6.52. The van der Waals surface area contributed by atoms with E-state index in [0.29, 0.717) is 26.2 Å². The van der Waals surface area contributed by atoms with Crippen LogP contribution in [0.5, 0.6) is 0 Å². The Balaban J connectivity index is 1.82. The van der Waals surface area contributed by atoms with E-state index in [1.165, 1.54) is 4.90 Å². The van der Waals surface area contributed by atoms with Crippen molar-refractivity contribution in [3.8, 4) is 0 Å². The van der Waals surface area contributed by atoms with Gasteiger partial charge in [0.2, 0.25) is 0 Å². The highest BCUT2D eigenvalue weighted by molar-refractivity contribution is 5.87. The number of rotatable bonds is 3. The van der Waals surface area contributed by atoms with Crippen LogP contribution >= 0.6 is 0 Å². The molecule has 0 aromatic rings. The van der Waals surface area contributed by atoms with Gasteiger partial charge in [-0.1, -0.05) is 13.3 Å². The molecule has 1 saturated heterocycles. The van der Waals surface area contributed by atoms with Crippen molar-refractivity contribution in [2.75, 3.05) is 26.9 Å². The highest BCUT2D eigenvalue weighted by atomic mass is 16.6. The molecule has 1 amide bonds. The third-order valence-electron chi connectivity index (χ3n) is 3.72. The summed E-state index contributed by atoms with van der Waals surface area (Å²) in [7, 11) is 1.65. The summed E-state index contributed by atoms with van der Waals surface area (Å²) < 4.78 is 10.4. The minimum atomic E-state index is -0.400. The van der Waals surface area contributed by atoms with E-state index in [2.05, 4.69) is 0 Å². The summed E-state index contributed by atoms with van der Waals surface area (Å²) in [4.78, 5) is 25.1. The first kappa shape index (κ1) is 13.3. The second-order valence-electron chi connectivity index (χ2n) is 5.70. The van der Waals surface area contributed by atoms with E-state index in [4.69, 9.17) is 9.47 Å². The van der Waals surface area contributed by atoms with Gasteiger partial charge in [0.25, 0.3) is 0 Å². The number of hydrogen-bond acceptors (Lipinski definition) is 4. The van der Waals surface area contributed by atoms with Crippen molar-refractivity contribution in [3.63, 3.8) is 0 Å². The number of ketones is 1. The van der Waals surface area contributed by atoms with Crippen molar-refractivity contribution < 1.29 is 19.1 Å². The summed E-state index contributed by atoms with van der Waals surface area (Å²) in [6, 6.07) is -0.295. The number of hydrogen-bond donors (Lipinski definition) is 0. The number of nitrogens with zero attached hydrogens (tertiary/aromatic N) is 1. The topological polar surface area (TPSA) is 55.8 Å². The van der Waals surface area contributed by atoms with Crippen LogP contribution in [0.15, 0.2) is 0 Å². The Morgan fingerprint density at radius 3 is 2.78 bits per heavy atom. The molecule has 2 fully saturated rings. The van der Waals surface area contributed by atoms with Crippen LogP contribution in [-0.2, 0) is 14.3 Å². The van der Waals surface area contributed by atoms with Crippen LogP contribution in [0, 0.1) is 5.41 Å². The van der Waals surface area contributed by atoms with Gasteiger partial charge in [-0.15, -0.1) is 0 Å². The number of Topliss-reactive ketones (excluding diaryl/α,β-unsaturated/α-hetero) is 1. The molecular formula is C13H21NO4. The fourth-order valence-electron chi connectivity index (χ4n) is 2.37. The highest BCUT2D eigenvalue weighted by Gasteiger charge is 2.36. The summed E-state index contributed by atoms with van der Waals surface area (Å²) in [5.74, 6) is 0.152. The fourth-order valence-corrected chi connectivity index (χ4v) is 2.37. The van der Waals surface area contributed by atoms with Gasteiger partial charge in [-0.25, -0.2) is 4.79 Å². The van der Waals surface area contributed by atoms with Crippen LogP contribution in [0.25, 0.3) is 0 Å². The van der Waals surface area contributed by atoms with Crippen LogP contribution in [0.1, 0.15) is 32.6 Å². The minimum absolute atomic E-state index is 0.0485. The van der Waals surface area contributed by atoms with Crippen LogP contribution in [0.2, 0.25) is 0 Å². The van der Waals surface area contributed by atoms with E-state index in [9.17, 15) is 9.59 Å². The van der Waals surface area contributed by atoms with Gasteiger partial charge in [0.1, 0.15) is 6.61 Å². The van der Waals surface area contributed by atoms with Crippen LogP contribution in [-0.4, -0.2) is 49.7 Å². The Labute approximate surface area is 107 Å². The average Bonchev–Trinajstić information content (AvgIpc) is 2.33. The fraction of sp³-hybridized carbons (Fsp3) is 0.846. The zero-order valence-corrected chi connectivity index (χ0v) is 11.1. The van der Waals surface area contributed by atoms with E-state index in [-0.39, 0.29) is 17.2 Å². The van der Waals surface area contributed by atoms with Crippen molar-refractivity contribution in [1.82, 2.24) is 4.90 Å². The normalized spacial score (nSPS) is 26.3. The monoisotopic (exact) mass is 255 g/mol. The molecule has 0 spiro atoms. The highest BCUT2D eigenvalue weighted by Crippen LogP contribution is 2.27. The quantitative estimate of drug-likeness (QED) is 0.768. The standard InChI is InChI=1S/C13H21NO4/c1-13(7-17-8-13)9-18-12(16)14(2)10-5-3-4-6-11(10)15/h10H,3-9H2,1-2H3. The molecule has 102 valence electrons. The zero-order valence-electron chi connectivity index (χ0n) is 11.1. The van der Waals surface area contributed by atoms with E-state index >= 15 is 0 Å². The summed E-state index contributed by atoms with van der Waals surface area (Å²) >= 11 is 0.